The third kappa shape index (κ3) is 2.99. The molecule has 0 spiro atoms. The van der Waals surface area contributed by atoms with E-state index in [0.717, 1.165) is 19.5 Å². The van der Waals surface area contributed by atoms with Gasteiger partial charge >= 0.3 is 0 Å². The van der Waals surface area contributed by atoms with Gasteiger partial charge in [0.25, 0.3) is 0 Å². The molecule has 17 heavy (non-hydrogen) atoms. The zero-order valence-corrected chi connectivity index (χ0v) is 10.3. The molecule has 1 aromatic rings. The van der Waals surface area contributed by atoms with Crippen molar-refractivity contribution in [1.82, 2.24) is 5.32 Å². The highest BCUT2D eigenvalue weighted by Crippen LogP contribution is 2.35. The van der Waals surface area contributed by atoms with Gasteiger partial charge in [-0.1, -0.05) is 18.2 Å². The number of hydrogen-bond donors (Lipinski definition) is 3. The van der Waals surface area contributed by atoms with Gasteiger partial charge in [0.05, 0.1) is 5.60 Å². The van der Waals surface area contributed by atoms with E-state index in [1.165, 1.54) is 6.42 Å². The first-order valence-corrected chi connectivity index (χ1v) is 6.31. The van der Waals surface area contributed by atoms with Gasteiger partial charge in [0, 0.05) is 5.56 Å². The second-order valence-corrected chi connectivity index (χ2v) is 5.21. The minimum Gasteiger partial charge on any atom is -0.508 e. The summed E-state index contributed by atoms with van der Waals surface area (Å²) < 4.78 is 0. The van der Waals surface area contributed by atoms with Crippen LogP contribution in [0, 0.1) is 5.92 Å². The number of rotatable bonds is 3. The molecule has 1 heterocycles. The number of phenols is 1. The Morgan fingerprint density at radius 1 is 1.41 bits per heavy atom. The maximum absolute atomic E-state index is 10.5. The molecule has 3 nitrogen and oxygen atoms in total. The second-order valence-electron chi connectivity index (χ2n) is 5.21. The predicted octanol–water partition coefficient (Wildman–Crippen LogP) is 1.99. The van der Waals surface area contributed by atoms with Crippen LogP contribution in [0.15, 0.2) is 24.3 Å². The van der Waals surface area contributed by atoms with E-state index in [9.17, 15) is 10.2 Å². The normalized spacial score (nSPS) is 24.2. The number of para-hydroxylation sites is 1. The average molecular weight is 235 g/mol. The Kier molecular flexibility index (Phi) is 3.69. The molecule has 0 radical (unpaired) electrons. The van der Waals surface area contributed by atoms with Gasteiger partial charge in [0.1, 0.15) is 5.75 Å². The van der Waals surface area contributed by atoms with Crippen molar-refractivity contribution in [2.75, 3.05) is 13.1 Å². The van der Waals surface area contributed by atoms with E-state index in [1.807, 2.05) is 6.07 Å². The maximum Gasteiger partial charge on any atom is 0.121 e. The molecule has 2 atom stereocenters. The van der Waals surface area contributed by atoms with E-state index in [4.69, 9.17) is 0 Å². The first kappa shape index (κ1) is 12.4. The lowest BCUT2D eigenvalue weighted by molar-refractivity contribution is 0.0240. The predicted molar refractivity (Wildman–Crippen MR) is 67.9 cm³/mol. The number of nitrogens with one attached hydrogen (secondary N) is 1. The number of phenolic OH excluding ortho intramolecular Hbond substituents is 1. The van der Waals surface area contributed by atoms with Gasteiger partial charge in [0.15, 0.2) is 0 Å². The van der Waals surface area contributed by atoms with Crippen LogP contribution in [-0.2, 0) is 5.60 Å². The third-order valence-corrected chi connectivity index (χ3v) is 3.57. The van der Waals surface area contributed by atoms with Crippen LogP contribution in [0.2, 0.25) is 0 Å². The molecular formula is C14H21NO2. The van der Waals surface area contributed by atoms with Crippen molar-refractivity contribution in [2.45, 2.75) is 31.8 Å². The van der Waals surface area contributed by atoms with Crippen LogP contribution < -0.4 is 5.32 Å². The van der Waals surface area contributed by atoms with Crippen molar-refractivity contribution >= 4 is 0 Å². The Bertz CT molecular complexity index is 370. The van der Waals surface area contributed by atoms with Gasteiger partial charge in [0.2, 0.25) is 0 Å². The summed E-state index contributed by atoms with van der Waals surface area (Å²) >= 11 is 0. The monoisotopic (exact) mass is 235 g/mol. The highest BCUT2D eigenvalue weighted by molar-refractivity contribution is 5.36. The summed E-state index contributed by atoms with van der Waals surface area (Å²) in [6, 6.07) is 7.05. The number of aromatic hydroxyl groups is 1. The van der Waals surface area contributed by atoms with E-state index in [-0.39, 0.29) is 5.75 Å². The molecule has 1 fully saturated rings. The molecule has 0 saturated carbocycles. The Labute approximate surface area is 102 Å². The molecule has 0 bridgehead atoms. The number of aliphatic hydroxyl groups is 1. The molecule has 1 aromatic carbocycles. The molecule has 0 amide bonds. The molecule has 94 valence electrons. The van der Waals surface area contributed by atoms with Crippen LogP contribution in [0.25, 0.3) is 0 Å². The lowest BCUT2D eigenvalue weighted by Gasteiger charge is -2.31. The van der Waals surface area contributed by atoms with Gasteiger partial charge in [-0.05, 0) is 51.3 Å². The lowest BCUT2D eigenvalue weighted by atomic mass is 9.82. The van der Waals surface area contributed by atoms with Gasteiger partial charge in [-0.2, -0.15) is 0 Å². The van der Waals surface area contributed by atoms with E-state index < -0.39 is 5.60 Å². The Balaban J connectivity index is 2.10. The summed E-state index contributed by atoms with van der Waals surface area (Å²) in [5.74, 6) is 0.666. The summed E-state index contributed by atoms with van der Waals surface area (Å²) in [6.07, 6.45) is 3.01. The molecule has 0 aromatic heterocycles. The summed E-state index contributed by atoms with van der Waals surface area (Å²) in [7, 11) is 0. The van der Waals surface area contributed by atoms with Crippen molar-refractivity contribution < 1.29 is 10.2 Å². The smallest absolute Gasteiger partial charge is 0.121 e. The van der Waals surface area contributed by atoms with Gasteiger partial charge in [-0.25, -0.2) is 0 Å². The summed E-state index contributed by atoms with van der Waals surface area (Å²) in [5, 5.41) is 23.7. The molecule has 1 aliphatic rings. The molecular weight excluding hydrogens is 214 g/mol. The van der Waals surface area contributed by atoms with Crippen LogP contribution in [0.5, 0.6) is 5.75 Å². The molecule has 2 unspecified atom stereocenters. The molecule has 1 aliphatic heterocycles. The van der Waals surface area contributed by atoms with Crippen LogP contribution in [0.4, 0.5) is 0 Å². The number of hydrogen-bond acceptors (Lipinski definition) is 3. The molecule has 2 rings (SSSR count). The molecule has 3 heteroatoms. The number of benzene rings is 1. The first-order valence-electron chi connectivity index (χ1n) is 6.31. The molecule has 3 N–H and O–H groups in total. The van der Waals surface area contributed by atoms with Crippen molar-refractivity contribution in [1.29, 1.82) is 0 Å². The second kappa shape index (κ2) is 5.07. The highest BCUT2D eigenvalue weighted by Gasteiger charge is 2.30. The summed E-state index contributed by atoms with van der Waals surface area (Å²) in [6.45, 7) is 3.83. The van der Waals surface area contributed by atoms with Crippen LogP contribution in [-0.4, -0.2) is 23.3 Å². The quantitative estimate of drug-likeness (QED) is 0.751. The summed E-state index contributed by atoms with van der Waals surface area (Å²) in [4.78, 5) is 0. The largest absolute Gasteiger partial charge is 0.508 e. The van der Waals surface area contributed by atoms with Crippen LogP contribution in [0.1, 0.15) is 31.7 Å². The van der Waals surface area contributed by atoms with Gasteiger partial charge in [-0.15, -0.1) is 0 Å². The van der Waals surface area contributed by atoms with Crippen LogP contribution >= 0.6 is 0 Å². The minimum absolute atomic E-state index is 0.182. The maximum atomic E-state index is 10.5. The fourth-order valence-electron chi connectivity index (χ4n) is 2.70. The van der Waals surface area contributed by atoms with Crippen molar-refractivity contribution in [2.24, 2.45) is 5.92 Å². The fourth-order valence-corrected chi connectivity index (χ4v) is 2.70. The van der Waals surface area contributed by atoms with Gasteiger partial charge < -0.3 is 15.5 Å². The first-order chi connectivity index (χ1) is 8.09. The lowest BCUT2D eigenvalue weighted by Crippen LogP contribution is -2.35. The van der Waals surface area contributed by atoms with Crippen LogP contribution in [0.3, 0.4) is 0 Å². The standard InChI is InChI=1S/C14H21NO2/c1-14(17,9-11-5-4-8-15-10-11)12-6-2-3-7-13(12)16/h2-3,6-7,11,15-17H,4-5,8-10H2,1H3. The van der Waals surface area contributed by atoms with E-state index in [0.29, 0.717) is 17.9 Å². The van der Waals surface area contributed by atoms with E-state index in [2.05, 4.69) is 5.32 Å². The van der Waals surface area contributed by atoms with Crippen molar-refractivity contribution in [3.63, 3.8) is 0 Å². The van der Waals surface area contributed by atoms with Gasteiger partial charge in [-0.3, -0.25) is 0 Å². The van der Waals surface area contributed by atoms with Crippen molar-refractivity contribution in [3.05, 3.63) is 29.8 Å². The minimum atomic E-state index is -0.949. The zero-order chi connectivity index (χ0) is 12.3. The van der Waals surface area contributed by atoms with E-state index >= 15 is 0 Å². The average Bonchev–Trinajstić information content (AvgIpc) is 2.30. The Morgan fingerprint density at radius 2 is 2.18 bits per heavy atom. The Morgan fingerprint density at radius 3 is 2.82 bits per heavy atom. The topological polar surface area (TPSA) is 52.5 Å². The fraction of sp³-hybridized carbons (Fsp3) is 0.571. The SMILES string of the molecule is CC(O)(CC1CCCNC1)c1ccccc1O. The molecule has 0 aliphatic carbocycles. The highest BCUT2D eigenvalue weighted by atomic mass is 16.3. The number of piperidine rings is 1. The summed E-state index contributed by atoms with van der Waals surface area (Å²) in [5.41, 5.74) is -0.319. The zero-order valence-electron chi connectivity index (χ0n) is 10.3. The molecule has 1 saturated heterocycles. The Hall–Kier alpha value is -1.06. The van der Waals surface area contributed by atoms with Crippen molar-refractivity contribution in [3.8, 4) is 5.75 Å². The third-order valence-electron chi connectivity index (χ3n) is 3.57. The van der Waals surface area contributed by atoms with E-state index in [1.54, 1.807) is 25.1 Å².